The molecule has 1 aliphatic heterocycles. The van der Waals surface area contributed by atoms with Gasteiger partial charge in [-0.1, -0.05) is 39.0 Å². The number of nitrogens with one attached hydrogen (secondary N) is 1. The first kappa shape index (κ1) is 15.5. The molecular weight excluding hydrogens is 251 g/mol. The van der Waals surface area contributed by atoms with E-state index in [0.717, 1.165) is 31.7 Å². The summed E-state index contributed by atoms with van der Waals surface area (Å²) < 4.78 is 14.0. The summed E-state index contributed by atoms with van der Waals surface area (Å²) in [6.07, 6.45) is 2.45. The van der Waals surface area contributed by atoms with Gasteiger partial charge in [-0.15, -0.1) is 0 Å². The maximum atomic E-state index is 14.0. The molecular formula is C17H27FN2. The van der Waals surface area contributed by atoms with Crippen LogP contribution in [0.3, 0.4) is 0 Å². The van der Waals surface area contributed by atoms with Gasteiger partial charge in [-0.3, -0.25) is 0 Å². The number of hydrogen-bond donors (Lipinski definition) is 1. The number of halogens is 1. The van der Waals surface area contributed by atoms with Crippen molar-refractivity contribution >= 4 is 0 Å². The third-order valence-electron chi connectivity index (χ3n) is 4.38. The van der Waals surface area contributed by atoms with Crippen LogP contribution in [-0.2, 0) is 0 Å². The van der Waals surface area contributed by atoms with Crippen LogP contribution in [0.1, 0.15) is 45.2 Å². The van der Waals surface area contributed by atoms with Crippen molar-refractivity contribution in [2.24, 2.45) is 5.41 Å². The third-order valence-corrected chi connectivity index (χ3v) is 4.38. The highest BCUT2D eigenvalue weighted by Gasteiger charge is 2.27. The van der Waals surface area contributed by atoms with E-state index in [9.17, 15) is 4.39 Å². The van der Waals surface area contributed by atoms with Gasteiger partial charge in [0.25, 0.3) is 0 Å². The van der Waals surface area contributed by atoms with Crippen molar-refractivity contribution in [1.29, 1.82) is 0 Å². The SMILES string of the molecule is CCNC(CN1CCC(C)(C)CC1)c1ccccc1F. The van der Waals surface area contributed by atoms with Gasteiger partial charge in [0, 0.05) is 18.2 Å². The normalized spacial score (nSPS) is 20.8. The number of piperidine rings is 1. The van der Waals surface area contributed by atoms with Crippen molar-refractivity contribution in [3.8, 4) is 0 Å². The van der Waals surface area contributed by atoms with Gasteiger partial charge >= 0.3 is 0 Å². The highest BCUT2D eigenvalue weighted by atomic mass is 19.1. The summed E-state index contributed by atoms with van der Waals surface area (Å²) in [7, 11) is 0. The number of benzene rings is 1. The molecule has 0 bridgehead atoms. The van der Waals surface area contributed by atoms with E-state index in [1.165, 1.54) is 12.8 Å². The predicted octanol–water partition coefficient (Wildman–Crippen LogP) is 3.60. The Kier molecular flexibility index (Phi) is 5.17. The van der Waals surface area contributed by atoms with Gasteiger partial charge < -0.3 is 10.2 Å². The summed E-state index contributed by atoms with van der Waals surface area (Å²) in [6.45, 7) is 10.7. The molecule has 1 aromatic carbocycles. The molecule has 0 spiro atoms. The smallest absolute Gasteiger partial charge is 0.128 e. The van der Waals surface area contributed by atoms with E-state index in [1.807, 2.05) is 12.1 Å². The molecule has 3 heteroatoms. The van der Waals surface area contributed by atoms with Crippen molar-refractivity contribution in [1.82, 2.24) is 10.2 Å². The van der Waals surface area contributed by atoms with Crippen LogP contribution in [0.2, 0.25) is 0 Å². The molecule has 0 saturated carbocycles. The van der Waals surface area contributed by atoms with Gasteiger partial charge in [-0.2, -0.15) is 0 Å². The average Bonchev–Trinajstić information content (AvgIpc) is 2.41. The van der Waals surface area contributed by atoms with Crippen LogP contribution >= 0.6 is 0 Å². The third kappa shape index (κ3) is 4.03. The van der Waals surface area contributed by atoms with Crippen LogP contribution in [0.4, 0.5) is 4.39 Å². The molecule has 112 valence electrons. The van der Waals surface area contributed by atoms with Crippen molar-refractivity contribution in [3.05, 3.63) is 35.6 Å². The number of rotatable bonds is 5. The fourth-order valence-electron chi connectivity index (χ4n) is 2.88. The zero-order valence-corrected chi connectivity index (χ0v) is 13.0. The van der Waals surface area contributed by atoms with E-state index >= 15 is 0 Å². The summed E-state index contributed by atoms with van der Waals surface area (Å²) in [5, 5.41) is 3.43. The minimum absolute atomic E-state index is 0.0856. The minimum atomic E-state index is -0.101. The van der Waals surface area contributed by atoms with Gasteiger partial charge in [-0.25, -0.2) is 4.39 Å². The molecule has 0 aliphatic carbocycles. The Morgan fingerprint density at radius 2 is 1.90 bits per heavy atom. The van der Waals surface area contributed by atoms with Crippen LogP contribution in [0, 0.1) is 11.2 Å². The first-order valence-corrected chi connectivity index (χ1v) is 7.72. The average molecular weight is 278 g/mol. The molecule has 0 radical (unpaired) electrons. The molecule has 1 N–H and O–H groups in total. The minimum Gasteiger partial charge on any atom is -0.309 e. The molecule has 1 aromatic rings. The first-order valence-electron chi connectivity index (χ1n) is 7.72. The van der Waals surface area contributed by atoms with Crippen LogP contribution in [-0.4, -0.2) is 31.1 Å². The van der Waals surface area contributed by atoms with Gasteiger partial charge in [0.2, 0.25) is 0 Å². The Hall–Kier alpha value is -0.930. The lowest BCUT2D eigenvalue weighted by atomic mass is 9.82. The van der Waals surface area contributed by atoms with Gasteiger partial charge in [0.05, 0.1) is 0 Å². The number of nitrogens with zero attached hydrogens (tertiary/aromatic N) is 1. The highest BCUT2D eigenvalue weighted by molar-refractivity contribution is 5.21. The predicted molar refractivity (Wildman–Crippen MR) is 82.3 cm³/mol. The van der Waals surface area contributed by atoms with Crippen molar-refractivity contribution < 1.29 is 4.39 Å². The molecule has 2 nitrogen and oxygen atoms in total. The quantitative estimate of drug-likeness (QED) is 0.885. The number of likely N-dealkylation sites (tertiary alicyclic amines) is 1. The Morgan fingerprint density at radius 1 is 1.25 bits per heavy atom. The number of hydrogen-bond acceptors (Lipinski definition) is 2. The van der Waals surface area contributed by atoms with Crippen molar-refractivity contribution in [3.63, 3.8) is 0 Å². The van der Waals surface area contributed by atoms with Gasteiger partial charge in [0.1, 0.15) is 5.82 Å². The van der Waals surface area contributed by atoms with E-state index in [4.69, 9.17) is 0 Å². The second-order valence-electron chi connectivity index (χ2n) is 6.60. The second kappa shape index (κ2) is 6.68. The zero-order valence-electron chi connectivity index (χ0n) is 13.0. The van der Waals surface area contributed by atoms with E-state index in [0.29, 0.717) is 5.41 Å². The van der Waals surface area contributed by atoms with E-state index < -0.39 is 0 Å². The van der Waals surface area contributed by atoms with Crippen LogP contribution in [0.25, 0.3) is 0 Å². The Labute approximate surface area is 122 Å². The highest BCUT2D eigenvalue weighted by Crippen LogP contribution is 2.30. The molecule has 2 rings (SSSR count). The Balaban J connectivity index is 2.02. The Morgan fingerprint density at radius 3 is 2.50 bits per heavy atom. The molecule has 1 saturated heterocycles. The molecule has 1 heterocycles. The van der Waals surface area contributed by atoms with Crippen LogP contribution in [0.5, 0.6) is 0 Å². The van der Waals surface area contributed by atoms with Crippen LogP contribution < -0.4 is 5.32 Å². The lowest BCUT2D eigenvalue weighted by Crippen LogP contribution is -2.42. The largest absolute Gasteiger partial charge is 0.309 e. The summed E-state index contributed by atoms with van der Waals surface area (Å²) >= 11 is 0. The summed E-state index contributed by atoms with van der Waals surface area (Å²) in [5.41, 5.74) is 1.25. The molecule has 1 aliphatic rings. The monoisotopic (exact) mass is 278 g/mol. The fraction of sp³-hybridized carbons (Fsp3) is 0.647. The molecule has 1 unspecified atom stereocenters. The molecule has 20 heavy (non-hydrogen) atoms. The summed E-state index contributed by atoms with van der Waals surface area (Å²) in [6, 6.07) is 7.21. The van der Waals surface area contributed by atoms with Crippen molar-refractivity contribution in [2.45, 2.75) is 39.7 Å². The second-order valence-corrected chi connectivity index (χ2v) is 6.60. The topological polar surface area (TPSA) is 15.3 Å². The molecule has 1 fully saturated rings. The summed E-state index contributed by atoms with van der Waals surface area (Å²) in [5.74, 6) is -0.101. The van der Waals surface area contributed by atoms with Gasteiger partial charge in [0.15, 0.2) is 0 Å². The molecule has 1 atom stereocenters. The fourth-order valence-corrected chi connectivity index (χ4v) is 2.88. The maximum absolute atomic E-state index is 14.0. The standard InChI is InChI=1S/C17H27FN2/c1-4-19-16(14-7-5-6-8-15(14)18)13-20-11-9-17(2,3)10-12-20/h5-8,16,19H,4,9-13H2,1-3H3. The molecule has 0 amide bonds. The van der Waals surface area contributed by atoms with Crippen molar-refractivity contribution in [2.75, 3.05) is 26.2 Å². The lowest BCUT2D eigenvalue weighted by Gasteiger charge is -2.38. The van der Waals surface area contributed by atoms with E-state index in [-0.39, 0.29) is 11.9 Å². The lowest BCUT2D eigenvalue weighted by molar-refractivity contribution is 0.122. The number of likely N-dealkylation sites (N-methyl/N-ethyl adjacent to an activating group) is 1. The van der Waals surface area contributed by atoms with Crippen LogP contribution in [0.15, 0.2) is 24.3 Å². The van der Waals surface area contributed by atoms with E-state index in [2.05, 4.69) is 31.0 Å². The summed E-state index contributed by atoms with van der Waals surface area (Å²) in [4.78, 5) is 2.46. The maximum Gasteiger partial charge on any atom is 0.128 e. The molecule has 0 aromatic heterocycles. The zero-order chi connectivity index (χ0) is 14.6. The van der Waals surface area contributed by atoms with E-state index in [1.54, 1.807) is 12.1 Å². The van der Waals surface area contributed by atoms with Gasteiger partial charge in [-0.05, 0) is 44.0 Å². The first-order chi connectivity index (χ1) is 9.52. The Bertz CT molecular complexity index is 421.